The Kier molecular flexibility index (Phi) is 9.11. The molecule has 0 aliphatic carbocycles. The summed E-state index contributed by atoms with van der Waals surface area (Å²) in [5, 5.41) is 11.4. The zero-order valence-corrected chi connectivity index (χ0v) is 23.6. The molecule has 40 heavy (non-hydrogen) atoms. The molecule has 0 radical (unpaired) electrons. The first-order valence-electron chi connectivity index (χ1n) is 13.3. The number of likely N-dealkylation sites (tertiary alicyclic amines) is 1. The van der Waals surface area contributed by atoms with E-state index in [0.717, 1.165) is 11.1 Å². The normalized spacial score (nSPS) is 16.4. The van der Waals surface area contributed by atoms with E-state index in [1.165, 1.54) is 4.90 Å². The van der Waals surface area contributed by atoms with E-state index in [0.29, 0.717) is 54.7 Å². The molecule has 210 valence electrons. The molecule has 1 amide bonds. The zero-order chi connectivity index (χ0) is 28.8. The number of ketones is 1. The van der Waals surface area contributed by atoms with E-state index in [-0.39, 0.29) is 11.3 Å². The molecule has 3 aromatic carbocycles. The molecular weight excluding hydrogens is 508 g/mol. The van der Waals surface area contributed by atoms with Crippen molar-refractivity contribution in [3.63, 3.8) is 0 Å². The van der Waals surface area contributed by atoms with Crippen LogP contribution in [0, 0.1) is 6.92 Å². The quantitative estimate of drug-likeness (QED) is 0.207. The van der Waals surface area contributed by atoms with Crippen molar-refractivity contribution < 1.29 is 28.9 Å². The smallest absolute Gasteiger partial charge is 0.295 e. The second-order valence-electron chi connectivity index (χ2n) is 9.89. The summed E-state index contributed by atoms with van der Waals surface area (Å²) in [7, 11) is 5.34. The number of aliphatic hydroxyl groups is 1. The van der Waals surface area contributed by atoms with Crippen molar-refractivity contribution in [2.45, 2.75) is 26.5 Å². The van der Waals surface area contributed by atoms with Gasteiger partial charge in [0.1, 0.15) is 18.1 Å². The number of carbonyl (C=O) groups is 2. The van der Waals surface area contributed by atoms with Crippen molar-refractivity contribution in [1.82, 2.24) is 9.80 Å². The molecule has 1 aliphatic heterocycles. The Hall–Kier alpha value is -4.30. The standard InChI is InChI=1S/C32H36N2O6/c1-6-39-25-14-13-24(18-21(25)2)30(35)28-29(34(17-16-33(3)4)32(37)31(28)36)23-12-15-26(27(19-23)38-5)40-20-22-10-8-7-9-11-22/h7-15,18-19,29,35H,6,16-17,20H2,1-5H3. The summed E-state index contributed by atoms with van der Waals surface area (Å²) >= 11 is 0. The van der Waals surface area contributed by atoms with Crippen LogP contribution in [0.4, 0.5) is 0 Å². The lowest BCUT2D eigenvalue weighted by Gasteiger charge is -2.27. The van der Waals surface area contributed by atoms with E-state index in [9.17, 15) is 14.7 Å². The summed E-state index contributed by atoms with van der Waals surface area (Å²) in [5.41, 5.74) is 2.92. The average Bonchev–Trinajstić information content (AvgIpc) is 3.21. The van der Waals surface area contributed by atoms with Gasteiger partial charge in [-0.2, -0.15) is 0 Å². The molecule has 0 spiro atoms. The molecule has 3 aromatic rings. The number of carbonyl (C=O) groups excluding carboxylic acids is 2. The third-order valence-electron chi connectivity index (χ3n) is 6.82. The maximum absolute atomic E-state index is 13.4. The number of benzene rings is 3. The highest BCUT2D eigenvalue weighted by molar-refractivity contribution is 6.46. The van der Waals surface area contributed by atoms with Gasteiger partial charge in [0, 0.05) is 18.7 Å². The van der Waals surface area contributed by atoms with Gasteiger partial charge in [-0.15, -0.1) is 0 Å². The summed E-state index contributed by atoms with van der Waals surface area (Å²) in [6.45, 7) is 5.48. The van der Waals surface area contributed by atoms with Gasteiger partial charge in [-0.05, 0) is 75.0 Å². The lowest BCUT2D eigenvalue weighted by atomic mass is 9.94. The predicted molar refractivity (Wildman–Crippen MR) is 154 cm³/mol. The molecule has 1 N–H and O–H groups in total. The number of methoxy groups -OCH3 is 1. The topological polar surface area (TPSA) is 88.5 Å². The lowest BCUT2D eigenvalue weighted by molar-refractivity contribution is -0.140. The Balaban J connectivity index is 1.76. The molecule has 1 unspecified atom stereocenters. The summed E-state index contributed by atoms with van der Waals surface area (Å²) in [4.78, 5) is 30.1. The van der Waals surface area contributed by atoms with Crippen LogP contribution in [-0.4, -0.2) is 67.5 Å². The number of hydrogen-bond acceptors (Lipinski definition) is 7. The number of hydrogen-bond donors (Lipinski definition) is 1. The third kappa shape index (κ3) is 6.13. The monoisotopic (exact) mass is 544 g/mol. The summed E-state index contributed by atoms with van der Waals surface area (Å²) < 4.78 is 17.3. The number of aliphatic hydroxyl groups excluding tert-OH is 1. The molecule has 1 atom stereocenters. The Morgan fingerprint density at radius 1 is 0.950 bits per heavy atom. The van der Waals surface area contributed by atoms with Crippen molar-refractivity contribution in [3.8, 4) is 17.2 Å². The number of aryl methyl sites for hydroxylation is 1. The predicted octanol–water partition coefficient (Wildman–Crippen LogP) is 4.96. The largest absolute Gasteiger partial charge is 0.507 e. The van der Waals surface area contributed by atoms with Gasteiger partial charge in [-0.1, -0.05) is 36.4 Å². The maximum atomic E-state index is 13.4. The summed E-state index contributed by atoms with van der Waals surface area (Å²) in [6, 6.07) is 19.5. The van der Waals surface area contributed by atoms with Crippen LogP contribution in [0.2, 0.25) is 0 Å². The Labute approximate surface area is 235 Å². The van der Waals surface area contributed by atoms with Gasteiger partial charge in [-0.3, -0.25) is 9.59 Å². The molecule has 0 saturated carbocycles. The van der Waals surface area contributed by atoms with Crippen molar-refractivity contribution in [2.75, 3.05) is 40.9 Å². The first-order chi connectivity index (χ1) is 19.2. The van der Waals surface area contributed by atoms with Crippen LogP contribution in [0.3, 0.4) is 0 Å². The van der Waals surface area contributed by atoms with E-state index in [4.69, 9.17) is 14.2 Å². The molecule has 0 aromatic heterocycles. The molecule has 1 saturated heterocycles. The van der Waals surface area contributed by atoms with Crippen LogP contribution >= 0.6 is 0 Å². The second kappa shape index (κ2) is 12.7. The summed E-state index contributed by atoms with van der Waals surface area (Å²) in [6.07, 6.45) is 0. The zero-order valence-electron chi connectivity index (χ0n) is 23.6. The van der Waals surface area contributed by atoms with Gasteiger partial charge < -0.3 is 29.1 Å². The van der Waals surface area contributed by atoms with Crippen LogP contribution in [0.5, 0.6) is 17.2 Å². The maximum Gasteiger partial charge on any atom is 0.295 e. The van der Waals surface area contributed by atoms with E-state index >= 15 is 0 Å². The first kappa shape index (κ1) is 28.7. The van der Waals surface area contributed by atoms with Gasteiger partial charge >= 0.3 is 0 Å². The minimum absolute atomic E-state index is 0.0346. The van der Waals surface area contributed by atoms with Crippen LogP contribution < -0.4 is 14.2 Å². The van der Waals surface area contributed by atoms with Crippen LogP contribution in [0.15, 0.2) is 72.3 Å². The number of amides is 1. The van der Waals surface area contributed by atoms with Crippen LogP contribution in [-0.2, 0) is 16.2 Å². The lowest BCUT2D eigenvalue weighted by Crippen LogP contribution is -2.35. The number of likely N-dealkylation sites (N-methyl/N-ethyl adjacent to an activating group) is 1. The minimum Gasteiger partial charge on any atom is -0.507 e. The molecule has 1 aliphatic rings. The molecular formula is C32H36N2O6. The average molecular weight is 545 g/mol. The van der Waals surface area contributed by atoms with Crippen LogP contribution in [0.25, 0.3) is 5.76 Å². The van der Waals surface area contributed by atoms with Crippen molar-refractivity contribution in [3.05, 3.63) is 94.6 Å². The molecule has 8 heteroatoms. The fourth-order valence-corrected chi connectivity index (χ4v) is 4.74. The number of Topliss-reactive ketones (excluding diaryl/α,β-unsaturated/α-hetero) is 1. The Morgan fingerprint density at radius 2 is 1.68 bits per heavy atom. The van der Waals surface area contributed by atoms with Gasteiger partial charge in [-0.25, -0.2) is 0 Å². The molecule has 8 nitrogen and oxygen atoms in total. The van der Waals surface area contributed by atoms with Crippen molar-refractivity contribution >= 4 is 17.4 Å². The summed E-state index contributed by atoms with van der Waals surface area (Å²) in [5.74, 6) is 0.0738. The van der Waals surface area contributed by atoms with E-state index in [1.807, 2.05) is 63.2 Å². The highest BCUT2D eigenvalue weighted by atomic mass is 16.5. The number of nitrogens with zero attached hydrogens (tertiary/aromatic N) is 2. The van der Waals surface area contributed by atoms with Crippen molar-refractivity contribution in [1.29, 1.82) is 0 Å². The molecule has 1 fully saturated rings. The van der Waals surface area contributed by atoms with Crippen LogP contribution in [0.1, 0.15) is 35.2 Å². The van der Waals surface area contributed by atoms with E-state index in [2.05, 4.69) is 0 Å². The van der Waals surface area contributed by atoms with Crippen molar-refractivity contribution in [2.24, 2.45) is 0 Å². The van der Waals surface area contributed by atoms with E-state index in [1.54, 1.807) is 43.5 Å². The Bertz CT molecular complexity index is 1400. The molecule has 4 rings (SSSR count). The second-order valence-corrected chi connectivity index (χ2v) is 9.89. The first-order valence-corrected chi connectivity index (χ1v) is 13.3. The highest BCUT2D eigenvalue weighted by Crippen LogP contribution is 2.42. The van der Waals surface area contributed by atoms with Gasteiger partial charge in [0.25, 0.3) is 11.7 Å². The van der Waals surface area contributed by atoms with E-state index < -0.39 is 17.7 Å². The van der Waals surface area contributed by atoms with Gasteiger partial charge in [0.15, 0.2) is 11.5 Å². The molecule has 0 bridgehead atoms. The SMILES string of the molecule is CCOc1ccc(C(O)=C2C(=O)C(=O)N(CCN(C)C)C2c2ccc(OCc3ccccc3)c(OC)c2)cc1C. The van der Waals surface area contributed by atoms with Gasteiger partial charge in [0.2, 0.25) is 0 Å². The fraction of sp³-hybridized carbons (Fsp3) is 0.312. The molecule has 1 heterocycles. The fourth-order valence-electron chi connectivity index (χ4n) is 4.74. The number of ether oxygens (including phenoxy) is 3. The minimum atomic E-state index is -0.802. The third-order valence-corrected chi connectivity index (χ3v) is 6.82. The highest BCUT2D eigenvalue weighted by Gasteiger charge is 2.46. The Morgan fingerprint density at radius 3 is 2.33 bits per heavy atom. The number of rotatable bonds is 11. The van der Waals surface area contributed by atoms with Gasteiger partial charge in [0.05, 0.1) is 25.3 Å².